The predicted molar refractivity (Wildman–Crippen MR) is 119 cm³/mol. The van der Waals surface area contributed by atoms with Gasteiger partial charge in [0, 0.05) is 39.2 Å². The van der Waals surface area contributed by atoms with Gasteiger partial charge < -0.3 is 24.1 Å². The van der Waals surface area contributed by atoms with Crippen molar-refractivity contribution >= 4 is 11.9 Å². The van der Waals surface area contributed by atoms with E-state index in [1.807, 2.05) is 13.8 Å². The van der Waals surface area contributed by atoms with E-state index in [-0.39, 0.29) is 36.0 Å². The monoisotopic (exact) mass is 454 g/mol. The number of aliphatic hydroxyl groups is 1. The molecule has 7 heteroatoms. The van der Waals surface area contributed by atoms with E-state index < -0.39 is 22.9 Å². The molecule has 0 aromatic carbocycles. The Hall–Kier alpha value is -1.18. The summed E-state index contributed by atoms with van der Waals surface area (Å²) in [6.07, 6.45) is 1.93. The van der Waals surface area contributed by atoms with Crippen LogP contribution in [0.25, 0.3) is 0 Å². The Morgan fingerprint density at radius 1 is 1.00 bits per heavy atom. The molecule has 0 amide bonds. The van der Waals surface area contributed by atoms with E-state index in [1.165, 1.54) is 13.8 Å². The van der Waals surface area contributed by atoms with Gasteiger partial charge in [-0.25, -0.2) is 0 Å². The van der Waals surface area contributed by atoms with E-state index in [2.05, 4.69) is 13.8 Å². The Bertz CT molecular complexity index is 719. The van der Waals surface area contributed by atoms with Crippen LogP contribution in [0.15, 0.2) is 0 Å². The molecule has 2 heterocycles. The maximum atomic E-state index is 12.2. The molecule has 0 aromatic heterocycles. The Morgan fingerprint density at radius 2 is 1.56 bits per heavy atom. The van der Waals surface area contributed by atoms with Crippen LogP contribution in [0.3, 0.4) is 0 Å². The minimum Gasteiger partial charge on any atom is -0.459 e. The first-order valence-electron chi connectivity index (χ1n) is 12.0. The van der Waals surface area contributed by atoms with Crippen molar-refractivity contribution < 1.29 is 33.6 Å². The van der Waals surface area contributed by atoms with Gasteiger partial charge in [-0.15, -0.1) is 0 Å². The number of carbonyl (C=O) groups is 2. The van der Waals surface area contributed by atoms with Crippen LogP contribution in [-0.2, 0) is 28.5 Å². The molecule has 2 bridgehead atoms. The van der Waals surface area contributed by atoms with Crippen LogP contribution >= 0.6 is 0 Å². The summed E-state index contributed by atoms with van der Waals surface area (Å²) < 4.78 is 24.4. The number of carbonyl (C=O) groups excluding carboxylic acids is 2. The molecule has 184 valence electrons. The quantitative estimate of drug-likeness (QED) is 0.648. The molecule has 0 radical (unpaired) electrons. The molecular formula is C25H42O7. The third-order valence-electron chi connectivity index (χ3n) is 8.37. The van der Waals surface area contributed by atoms with Crippen molar-refractivity contribution in [3.63, 3.8) is 0 Å². The van der Waals surface area contributed by atoms with Crippen LogP contribution in [-0.4, -0.2) is 59.3 Å². The Balaban J connectivity index is 2.16. The van der Waals surface area contributed by atoms with Gasteiger partial charge in [0.15, 0.2) is 0 Å². The van der Waals surface area contributed by atoms with Gasteiger partial charge in [0.05, 0.1) is 17.8 Å². The highest BCUT2D eigenvalue weighted by molar-refractivity contribution is 5.67. The fraction of sp³-hybridized carbons (Fsp3) is 0.920. The van der Waals surface area contributed by atoms with Crippen molar-refractivity contribution in [2.45, 2.75) is 116 Å². The lowest BCUT2D eigenvalue weighted by atomic mass is 9.57. The molecule has 9 atom stereocenters. The van der Waals surface area contributed by atoms with Gasteiger partial charge >= 0.3 is 11.9 Å². The molecule has 0 aromatic rings. The second kappa shape index (κ2) is 8.88. The zero-order chi connectivity index (χ0) is 24.1. The third-order valence-corrected chi connectivity index (χ3v) is 8.37. The molecule has 3 aliphatic rings. The van der Waals surface area contributed by atoms with E-state index in [4.69, 9.17) is 18.9 Å². The van der Waals surface area contributed by atoms with Crippen LogP contribution < -0.4 is 0 Å². The molecule has 7 nitrogen and oxygen atoms in total. The highest BCUT2D eigenvalue weighted by Crippen LogP contribution is 2.58. The highest BCUT2D eigenvalue weighted by Gasteiger charge is 2.65. The van der Waals surface area contributed by atoms with Gasteiger partial charge in [0.25, 0.3) is 0 Å². The fourth-order valence-electron chi connectivity index (χ4n) is 7.07. The first kappa shape index (κ1) is 25.4. The molecule has 3 rings (SSSR count). The summed E-state index contributed by atoms with van der Waals surface area (Å²) in [5, 5.41) is 11.4. The topological polar surface area (TPSA) is 91.3 Å². The fourth-order valence-corrected chi connectivity index (χ4v) is 7.07. The van der Waals surface area contributed by atoms with Crippen LogP contribution in [0, 0.1) is 23.7 Å². The minimum atomic E-state index is -1.14. The summed E-state index contributed by atoms with van der Waals surface area (Å²) in [7, 11) is 1.60. The number of hydrogen-bond donors (Lipinski definition) is 1. The molecule has 1 aliphatic carbocycles. The largest absolute Gasteiger partial charge is 0.459 e. The smallest absolute Gasteiger partial charge is 0.303 e. The maximum absolute atomic E-state index is 12.2. The molecule has 3 fully saturated rings. The molecule has 1 N–H and O–H groups in total. The van der Waals surface area contributed by atoms with E-state index in [9.17, 15) is 14.7 Å². The number of methoxy groups -OCH3 is 1. The number of fused-ring (bicyclic) bond motifs is 5. The maximum Gasteiger partial charge on any atom is 0.303 e. The molecule has 2 saturated heterocycles. The Labute approximate surface area is 192 Å². The van der Waals surface area contributed by atoms with Crippen molar-refractivity contribution in [3.05, 3.63) is 0 Å². The summed E-state index contributed by atoms with van der Waals surface area (Å²) in [6, 6.07) is 0. The zero-order valence-electron chi connectivity index (χ0n) is 21.0. The lowest BCUT2D eigenvalue weighted by molar-refractivity contribution is -0.182. The Kier molecular flexibility index (Phi) is 7.06. The van der Waals surface area contributed by atoms with E-state index in [1.54, 1.807) is 14.0 Å². The lowest BCUT2D eigenvalue weighted by Crippen LogP contribution is -2.57. The summed E-state index contributed by atoms with van der Waals surface area (Å²) in [5.41, 5.74) is -2.72. The Morgan fingerprint density at radius 3 is 2.09 bits per heavy atom. The minimum absolute atomic E-state index is 0.0392. The predicted octanol–water partition coefficient (Wildman–Crippen LogP) is 3.65. The first-order chi connectivity index (χ1) is 14.7. The molecule has 0 unspecified atom stereocenters. The number of esters is 2. The van der Waals surface area contributed by atoms with Gasteiger partial charge in [0.1, 0.15) is 17.3 Å². The SMILES string of the molecule is CO[C@H]1CC[C@@](C)(OC(C)=O)[C@@H]2O[C@H](C[C@]1(C)O)[C@@H]1[C@H]2[C@@H](C(C)C)CC[C@@]1(C)OC(C)=O. The average molecular weight is 455 g/mol. The van der Waals surface area contributed by atoms with Crippen molar-refractivity contribution in [2.24, 2.45) is 23.7 Å². The third kappa shape index (κ3) is 4.58. The van der Waals surface area contributed by atoms with Crippen molar-refractivity contribution in [2.75, 3.05) is 7.11 Å². The zero-order valence-corrected chi connectivity index (χ0v) is 21.0. The highest BCUT2D eigenvalue weighted by atomic mass is 16.6. The van der Waals surface area contributed by atoms with Crippen molar-refractivity contribution in [3.8, 4) is 0 Å². The van der Waals surface area contributed by atoms with E-state index in [0.29, 0.717) is 31.1 Å². The number of hydrogen-bond acceptors (Lipinski definition) is 7. The first-order valence-corrected chi connectivity index (χ1v) is 12.0. The summed E-state index contributed by atoms with van der Waals surface area (Å²) in [6.45, 7) is 13.0. The van der Waals surface area contributed by atoms with Crippen LogP contribution in [0.4, 0.5) is 0 Å². The number of rotatable bonds is 4. The second-order valence-electron chi connectivity index (χ2n) is 11.3. The van der Waals surface area contributed by atoms with Gasteiger partial charge in [0.2, 0.25) is 0 Å². The van der Waals surface area contributed by atoms with Crippen LogP contribution in [0.1, 0.15) is 80.6 Å². The molecule has 0 spiro atoms. The van der Waals surface area contributed by atoms with Gasteiger partial charge in [-0.3, -0.25) is 9.59 Å². The second-order valence-corrected chi connectivity index (χ2v) is 11.3. The molecular weight excluding hydrogens is 412 g/mol. The van der Waals surface area contributed by atoms with E-state index >= 15 is 0 Å². The average Bonchev–Trinajstić information content (AvgIpc) is 3.01. The van der Waals surface area contributed by atoms with Gasteiger partial charge in [-0.1, -0.05) is 13.8 Å². The van der Waals surface area contributed by atoms with E-state index in [0.717, 1.165) is 12.8 Å². The summed E-state index contributed by atoms with van der Waals surface area (Å²) in [4.78, 5) is 24.3. The van der Waals surface area contributed by atoms with Gasteiger partial charge in [-0.2, -0.15) is 0 Å². The van der Waals surface area contributed by atoms with Gasteiger partial charge in [-0.05, 0) is 58.3 Å². The molecule has 1 saturated carbocycles. The van der Waals surface area contributed by atoms with Crippen molar-refractivity contribution in [1.29, 1.82) is 0 Å². The molecule has 32 heavy (non-hydrogen) atoms. The lowest BCUT2D eigenvalue weighted by Gasteiger charge is -2.51. The summed E-state index contributed by atoms with van der Waals surface area (Å²) in [5.74, 6) is -0.0162. The van der Waals surface area contributed by atoms with Crippen LogP contribution in [0.5, 0.6) is 0 Å². The molecule has 2 aliphatic heterocycles. The van der Waals surface area contributed by atoms with Crippen molar-refractivity contribution in [1.82, 2.24) is 0 Å². The normalized spacial score (nSPS) is 46.6. The van der Waals surface area contributed by atoms with Crippen LogP contribution in [0.2, 0.25) is 0 Å². The number of ether oxygens (including phenoxy) is 4. The summed E-state index contributed by atoms with van der Waals surface area (Å²) >= 11 is 0. The standard InChI is InChI=1S/C25H42O7/c1-14(2)17-9-11-24(6,31-15(3)26)21-18-13-23(5,28)19(29-8)10-12-25(7,32-16(4)27)22(30-18)20(17)21/h14,17-22,28H,9-13H2,1-8H3/t17-,18-,19+,20-,21-,22-,23+,24-,25-/m1/s1.